The normalized spacial score (nSPS) is 18.6. The molecule has 1 saturated heterocycles. The molecule has 0 unspecified atom stereocenters. The summed E-state index contributed by atoms with van der Waals surface area (Å²) in [6.45, 7) is 4.90. The van der Waals surface area contributed by atoms with Crippen LogP contribution < -0.4 is 10.2 Å². The number of carbonyl (C=O) groups excluding carboxylic acids is 1. The van der Waals surface area contributed by atoms with Gasteiger partial charge in [0.2, 0.25) is 0 Å². The largest absolute Gasteiger partial charge is 0.369 e. The Morgan fingerprint density at radius 3 is 2.52 bits per heavy atom. The van der Waals surface area contributed by atoms with Gasteiger partial charge in [-0.1, -0.05) is 19.3 Å². The van der Waals surface area contributed by atoms with E-state index < -0.39 is 0 Å². The van der Waals surface area contributed by atoms with E-state index in [1.807, 2.05) is 37.3 Å². The van der Waals surface area contributed by atoms with Crippen LogP contribution in [0.3, 0.4) is 0 Å². The quantitative estimate of drug-likeness (QED) is 0.618. The number of thiophene rings is 1. The Morgan fingerprint density at radius 1 is 1.10 bits per heavy atom. The first-order chi connectivity index (χ1) is 15.1. The van der Waals surface area contributed by atoms with E-state index in [1.165, 1.54) is 37.2 Å². The van der Waals surface area contributed by atoms with Gasteiger partial charge in [0.15, 0.2) is 0 Å². The van der Waals surface area contributed by atoms with Crippen LogP contribution in [0.5, 0.6) is 0 Å². The first kappa shape index (κ1) is 20.5. The van der Waals surface area contributed by atoms with Gasteiger partial charge in [-0.25, -0.2) is 0 Å². The summed E-state index contributed by atoms with van der Waals surface area (Å²) in [6, 6.07) is 10.4. The van der Waals surface area contributed by atoms with E-state index in [9.17, 15) is 10.0 Å². The lowest BCUT2D eigenvalue weighted by molar-refractivity contribution is -0.0935. The molecule has 1 saturated carbocycles. The van der Waals surface area contributed by atoms with Gasteiger partial charge in [0.25, 0.3) is 5.91 Å². The number of fused-ring (bicyclic) bond motifs is 1. The van der Waals surface area contributed by atoms with Crippen molar-refractivity contribution in [2.24, 2.45) is 0 Å². The van der Waals surface area contributed by atoms with Crippen LogP contribution in [0.1, 0.15) is 53.5 Å². The number of nitrogens with one attached hydrogen (secondary N) is 1. The maximum Gasteiger partial charge on any atom is 0.265 e. The lowest BCUT2D eigenvalue weighted by Crippen LogP contribution is -2.44. The molecular weight excluding hydrogens is 410 g/mol. The summed E-state index contributed by atoms with van der Waals surface area (Å²) in [5, 5.41) is 19.8. The molecule has 7 nitrogen and oxygen atoms in total. The first-order valence-corrected chi connectivity index (χ1v) is 12.0. The Kier molecular flexibility index (Phi) is 5.69. The van der Waals surface area contributed by atoms with Gasteiger partial charge in [0.05, 0.1) is 16.6 Å². The molecule has 1 aliphatic carbocycles. The zero-order valence-corrected chi connectivity index (χ0v) is 18.7. The number of carbonyl (C=O) groups is 1. The average Bonchev–Trinajstić information content (AvgIpc) is 3.36. The molecule has 2 aliphatic rings. The summed E-state index contributed by atoms with van der Waals surface area (Å²) in [4.78, 5) is 17.0. The van der Waals surface area contributed by atoms with E-state index >= 15 is 0 Å². The third-order valence-corrected chi connectivity index (χ3v) is 7.58. The van der Waals surface area contributed by atoms with Gasteiger partial charge >= 0.3 is 0 Å². The van der Waals surface area contributed by atoms with Crippen molar-refractivity contribution >= 4 is 38.8 Å². The Hall–Kier alpha value is -2.42. The number of hydroxylamine groups is 2. The van der Waals surface area contributed by atoms with Crippen LogP contribution in [0.2, 0.25) is 0 Å². The topological polar surface area (TPSA) is 73.6 Å². The van der Waals surface area contributed by atoms with Gasteiger partial charge in [-0.3, -0.25) is 9.48 Å². The molecular formula is C23H29N5O2S. The number of aromatic nitrogens is 2. The first-order valence-electron chi connectivity index (χ1n) is 11.2. The van der Waals surface area contributed by atoms with Crippen molar-refractivity contribution in [1.29, 1.82) is 0 Å². The van der Waals surface area contributed by atoms with E-state index in [1.54, 1.807) is 11.3 Å². The van der Waals surface area contributed by atoms with Crippen molar-refractivity contribution in [3.63, 3.8) is 0 Å². The zero-order valence-electron chi connectivity index (χ0n) is 17.9. The van der Waals surface area contributed by atoms with Gasteiger partial charge in [0, 0.05) is 42.9 Å². The monoisotopic (exact) mass is 439 g/mol. The van der Waals surface area contributed by atoms with E-state index in [0.29, 0.717) is 19.1 Å². The minimum atomic E-state index is -0.0718. The van der Waals surface area contributed by atoms with E-state index in [4.69, 9.17) is 5.10 Å². The standard InChI is InChI=1S/C23H29N5O2S/c1-16-20-15-21(31-23(20)28(25-16)19-5-3-2-4-6-19)22(29)24-17-7-9-18(10-8-17)26-11-13-27(30)14-12-26/h7-10,15,19,30H,2-6,11-14H2,1H3,(H,24,29). The molecule has 164 valence electrons. The maximum absolute atomic E-state index is 12.9. The van der Waals surface area contributed by atoms with Gasteiger partial charge in [-0.15, -0.1) is 11.3 Å². The molecule has 0 spiro atoms. The number of hydrogen-bond donors (Lipinski definition) is 2. The highest BCUT2D eigenvalue weighted by molar-refractivity contribution is 7.20. The van der Waals surface area contributed by atoms with Crippen LogP contribution in [0.25, 0.3) is 10.2 Å². The molecule has 3 aromatic rings. The van der Waals surface area contributed by atoms with E-state index in [-0.39, 0.29) is 5.91 Å². The number of rotatable bonds is 4. The lowest BCUT2D eigenvalue weighted by Gasteiger charge is -2.32. The van der Waals surface area contributed by atoms with Crippen molar-refractivity contribution in [2.75, 3.05) is 36.4 Å². The summed E-state index contributed by atoms with van der Waals surface area (Å²) in [6.07, 6.45) is 6.18. The molecule has 0 radical (unpaired) electrons. The molecule has 3 heterocycles. The second kappa shape index (κ2) is 8.61. The second-order valence-electron chi connectivity index (χ2n) is 8.59. The predicted molar refractivity (Wildman–Crippen MR) is 124 cm³/mol. The molecule has 2 aromatic heterocycles. The van der Waals surface area contributed by atoms with Gasteiger partial charge in [0.1, 0.15) is 4.83 Å². The molecule has 5 rings (SSSR count). The van der Waals surface area contributed by atoms with Crippen molar-refractivity contribution in [3.8, 4) is 0 Å². The van der Waals surface area contributed by atoms with E-state index in [2.05, 4.69) is 14.9 Å². The number of hydrogen-bond acceptors (Lipinski definition) is 6. The smallest absolute Gasteiger partial charge is 0.265 e. The van der Waals surface area contributed by atoms with Crippen LogP contribution in [0, 0.1) is 6.92 Å². The molecule has 2 N–H and O–H groups in total. The number of anilines is 2. The fraction of sp³-hybridized carbons (Fsp3) is 0.478. The summed E-state index contributed by atoms with van der Waals surface area (Å²) >= 11 is 1.54. The number of benzene rings is 1. The number of nitrogens with zero attached hydrogens (tertiary/aromatic N) is 4. The molecule has 0 bridgehead atoms. The number of aryl methyl sites for hydroxylation is 1. The zero-order chi connectivity index (χ0) is 21.4. The average molecular weight is 440 g/mol. The molecule has 8 heteroatoms. The molecule has 1 amide bonds. The fourth-order valence-electron chi connectivity index (χ4n) is 4.66. The molecule has 1 aromatic carbocycles. The number of amides is 1. The molecule has 2 fully saturated rings. The molecule has 0 atom stereocenters. The Labute approximate surface area is 186 Å². The Balaban J connectivity index is 1.30. The van der Waals surface area contributed by atoms with Gasteiger partial charge < -0.3 is 15.4 Å². The lowest BCUT2D eigenvalue weighted by atomic mass is 9.96. The highest BCUT2D eigenvalue weighted by Gasteiger charge is 2.23. The van der Waals surface area contributed by atoms with Gasteiger partial charge in [-0.05, 0) is 50.1 Å². The maximum atomic E-state index is 12.9. The van der Waals surface area contributed by atoms with Crippen molar-refractivity contribution < 1.29 is 10.0 Å². The van der Waals surface area contributed by atoms with E-state index in [0.717, 1.165) is 45.3 Å². The summed E-state index contributed by atoms with van der Waals surface area (Å²) in [7, 11) is 0. The summed E-state index contributed by atoms with van der Waals surface area (Å²) < 4.78 is 2.17. The van der Waals surface area contributed by atoms with Crippen LogP contribution in [0.4, 0.5) is 11.4 Å². The van der Waals surface area contributed by atoms with Crippen LogP contribution in [0.15, 0.2) is 30.3 Å². The molecule has 31 heavy (non-hydrogen) atoms. The van der Waals surface area contributed by atoms with Crippen LogP contribution in [-0.4, -0.2) is 52.1 Å². The van der Waals surface area contributed by atoms with Gasteiger partial charge in [-0.2, -0.15) is 10.2 Å². The van der Waals surface area contributed by atoms with Crippen LogP contribution in [-0.2, 0) is 0 Å². The van der Waals surface area contributed by atoms with Crippen molar-refractivity contribution in [2.45, 2.75) is 45.1 Å². The summed E-state index contributed by atoms with van der Waals surface area (Å²) in [5.41, 5.74) is 2.90. The fourth-order valence-corrected chi connectivity index (χ4v) is 5.79. The van der Waals surface area contributed by atoms with Crippen molar-refractivity contribution in [1.82, 2.24) is 14.8 Å². The molecule has 1 aliphatic heterocycles. The minimum Gasteiger partial charge on any atom is -0.369 e. The Morgan fingerprint density at radius 2 is 1.81 bits per heavy atom. The van der Waals surface area contributed by atoms with Crippen molar-refractivity contribution in [3.05, 3.63) is 40.9 Å². The number of piperazine rings is 1. The Bertz CT molecular complexity index is 1060. The summed E-state index contributed by atoms with van der Waals surface area (Å²) in [5.74, 6) is -0.0718. The third kappa shape index (κ3) is 4.20. The highest BCUT2D eigenvalue weighted by atomic mass is 32.1. The SMILES string of the molecule is Cc1nn(C2CCCCC2)c2sc(C(=O)Nc3ccc(N4CCN(O)CC4)cc3)cc12. The predicted octanol–water partition coefficient (Wildman–Crippen LogP) is 4.67. The third-order valence-electron chi connectivity index (χ3n) is 6.46. The minimum absolute atomic E-state index is 0.0718. The second-order valence-corrected chi connectivity index (χ2v) is 9.62. The van der Waals surface area contributed by atoms with Crippen LogP contribution >= 0.6 is 11.3 Å². The highest BCUT2D eigenvalue weighted by Crippen LogP contribution is 2.35.